The first kappa shape index (κ1) is 48.4. The fourth-order valence-corrected chi connectivity index (χ4v) is 10.6. The van der Waals surface area contributed by atoms with E-state index in [2.05, 4.69) is 0 Å². The van der Waals surface area contributed by atoms with E-state index in [1.54, 1.807) is 85.9 Å². The Morgan fingerprint density at radius 3 is 1.29 bits per heavy atom. The first-order valence-electron chi connectivity index (χ1n) is 18.8. The Hall–Kier alpha value is -3.24. The topological polar surface area (TPSA) is 152 Å². The molecule has 0 radical (unpaired) electrons. The molecular formula is C44H45CaN2O8S4+. The number of carbonyl (C=O) groups is 6. The number of carboxylic acids is 2. The first-order chi connectivity index (χ1) is 27.9. The van der Waals surface area contributed by atoms with E-state index in [-0.39, 0.29) is 70.3 Å². The SMILES string of the molecule is C[C@H](CSC(=O)c1ccccc1)C(=O)N1C[C@@H](Sc2ccccc2)C[C@H]1C(=O)O.C[C@H](CSC(=O)c1ccccc1)C(=O)N1C[C@@H](Sc2ccccc2)C[C@H]1C(=O)[O-].[Ca+2]. The largest absolute Gasteiger partial charge is 2.00 e. The van der Waals surface area contributed by atoms with Crippen molar-refractivity contribution in [3.8, 4) is 0 Å². The van der Waals surface area contributed by atoms with E-state index in [0.29, 0.717) is 48.6 Å². The molecule has 0 saturated carbocycles. The number of likely N-dealkylation sites (tertiary alicyclic amines) is 2. The van der Waals surface area contributed by atoms with Gasteiger partial charge in [0, 0.05) is 67.8 Å². The number of thioether (sulfide) groups is 4. The Bertz CT molecular complexity index is 1870. The molecule has 2 heterocycles. The van der Waals surface area contributed by atoms with Gasteiger partial charge in [-0.1, -0.05) is 134 Å². The van der Waals surface area contributed by atoms with Crippen molar-refractivity contribution in [3.63, 3.8) is 0 Å². The minimum Gasteiger partial charge on any atom is -0.548 e. The number of benzene rings is 4. The second-order valence-electron chi connectivity index (χ2n) is 14.0. The average molecular weight is 898 g/mol. The van der Waals surface area contributed by atoms with Gasteiger partial charge in [0.2, 0.25) is 22.0 Å². The quantitative estimate of drug-likeness (QED) is 0.140. The molecule has 2 aliphatic heterocycles. The maximum atomic E-state index is 12.9. The summed E-state index contributed by atoms with van der Waals surface area (Å²) >= 11 is 5.36. The molecule has 4 aromatic carbocycles. The number of hydrogen-bond donors (Lipinski definition) is 1. The molecule has 6 rings (SSSR count). The van der Waals surface area contributed by atoms with Crippen LogP contribution in [0.15, 0.2) is 131 Å². The maximum absolute atomic E-state index is 12.9. The Kier molecular flexibility index (Phi) is 19.9. The van der Waals surface area contributed by atoms with Crippen molar-refractivity contribution in [2.45, 2.75) is 59.1 Å². The number of hydrogen-bond acceptors (Lipinski definition) is 11. The Morgan fingerprint density at radius 2 is 0.932 bits per heavy atom. The molecular weight excluding hydrogens is 853 g/mol. The van der Waals surface area contributed by atoms with Crippen LogP contribution < -0.4 is 5.11 Å². The number of nitrogens with zero attached hydrogens (tertiary/aromatic N) is 2. The normalized spacial score (nSPS) is 19.4. The smallest absolute Gasteiger partial charge is 0.548 e. The van der Waals surface area contributed by atoms with Gasteiger partial charge in [-0.15, -0.1) is 23.5 Å². The van der Waals surface area contributed by atoms with E-state index in [1.165, 1.54) is 9.80 Å². The summed E-state index contributed by atoms with van der Waals surface area (Å²) in [6.45, 7) is 4.25. The van der Waals surface area contributed by atoms with E-state index in [4.69, 9.17) is 0 Å². The van der Waals surface area contributed by atoms with E-state index < -0.39 is 35.9 Å². The molecule has 304 valence electrons. The van der Waals surface area contributed by atoms with Gasteiger partial charge < -0.3 is 24.8 Å². The summed E-state index contributed by atoms with van der Waals surface area (Å²) < 4.78 is 0. The number of rotatable bonds is 14. The van der Waals surface area contributed by atoms with Crippen LogP contribution in [0.1, 0.15) is 47.4 Å². The van der Waals surface area contributed by atoms with Gasteiger partial charge in [0.05, 0.1) is 12.0 Å². The zero-order valence-corrected chi connectivity index (χ0v) is 38.3. The molecule has 15 heteroatoms. The molecule has 0 aliphatic carbocycles. The summed E-state index contributed by atoms with van der Waals surface area (Å²) in [6, 6.07) is 35.6. The van der Waals surface area contributed by atoms with Crippen LogP contribution in [-0.4, -0.2) is 134 Å². The van der Waals surface area contributed by atoms with Crippen LogP contribution in [0.5, 0.6) is 0 Å². The van der Waals surface area contributed by atoms with Crippen molar-refractivity contribution >= 4 is 119 Å². The monoisotopic (exact) mass is 897 g/mol. The van der Waals surface area contributed by atoms with E-state index in [0.717, 1.165) is 33.3 Å². The predicted octanol–water partition coefficient (Wildman–Crippen LogP) is 6.37. The fourth-order valence-electron chi connectivity index (χ4n) is 6.52. The van der Waals surface area contributed by atoms with Gasteiger partial charge >= 0.3 is 43.7 Å². The first-order valence-corrected chi connectivity index (χ1v) is 22.6. The van der Waals surface area contributed by atoms with Crippen molar-refractivity contribution in [2.75, 3.05) is 24.6 Å². The molecule has 6 atom stereocenters. The van der Waals surface area contributed by atoms with Crippen molar-refractivity contribution in [1.29, 1.82) is 0 Å². The number of carbonyl (C=O) groups excluding carboxylic acids is 5. The van der Waals surface area contributed by atoms with Gasteiger partial charge in [-0.3, -0.25) is 19.2 Å². The van der Waals surface area contributed by atoms with Gasteiger partial charge in [-0.2, -0.15) is 0 Å². The zero-order chi connectivity index (χ0) is 41.6. The Balaban J connectivity index is 0.000000256. The molecule has 0 aromatic heterocycles. The third-order valence-corrected chi connectivity index (χ3v) is 14.3. The number of aliphatic carboxylic acids is 2. The summed E-state index contributed by atoms with van der Waals surface area (Å²) in [5.74, 6) is -2.93. The number of carboxylic acid groups (broad SMARTS) is 2. The second-order valence-corrected chi connectivity index (χ2v) is 18.7. The van der Waals surface area contributed by atoms with Gasteiger partial charge in [0.1, 0.15) is 6.04 Å². The molecule has 2 amide bonds. The summed E-state index contributed by atoms with van der Waals surface area (Å²) in [4.78, 5) is 78.7. The van der Waals surface area contributed by atoms with Crippen LogP contribution in [0.2, 0.25) is 0 Å². The maximum Gasteiger partial charge on any atom is 2.00 e. The summed E-state index contributed by atoms with van der Waals surface area (Å²) in [6.07, 6.45) is 0.778. The average Bonchev–Trinajstić information content (AvgIpc) is 3.87. The van der Waals surface area contributed by atoms with Crippen molar-refractivity contribution < 1.29 is 39.0 Å². The van der Waals surface area contributed by atoms with Crippen LogP contribution >= 0.6 is 47.0 Å². The molecule has 0 spiro atoms. The summed E-state index contributed by atoms with van der Waals surface area (Å²) in [5, 5.41) is 21.1. The summed E-state index contributed by atoms with van der Waals surface area (Å²) in [5.41, 5.74) is 1.19. The van der Waals surface area contributed by atoms with Crippen LogP contribution in [0, 0.1) is 11.8 Å². The molecule has 2 saturated heterocycles. The van der Waals surface area contributed by atoms with Crippen molar-refractivity contribution in [3.05, 3.63) is 132 Å². The van der Waals surface area contributed by atoms with Crippen LogP contribution in [-0.2, 0) is 19.2 Å². The second kappa shape index (κ2) is 24.3. The molecule has 2 fully saturated rings. The van der Waals surface area contributed by atoms with Gasteiger partial charge in [-0.05, 0) is 37.1 Å². The van der Waals surface area contributed by atoms with E-state index >= 15 is 0 Å². The molecule has 0 bridgehead atoms. The van der Waals surface area contributed by atoms with E-state index in [9.17, 15) is 39.0 Å². The van der Waals surface area contributed by atoms with Crippen LogP contribution in [0.4, 0.5) is 0 Å². The third-order valence-electron chi connectivity index (χ3n) is 9.53. The predicted molar refractivity (Wildman–Crippen MR) is 236 cm³/mol. The fraction of sp³-hybridized carbons (Fsp3) is 0.318. The third kappa shape index (κ3) is 14.4. The van der Waals surface area contributed by atoms with E-state index in [1.807, 2.05) is 72.8 Å². The Morgan fingerprint density at radius 1 is 0.593 bits per heavy atom. The van der Waals surface area contributed by atoms with Crippen molar-refractivity contribution in [2.24, 2.45) is 11.8 Å². The molecule has 2 aliphatic rings. The Labute approximate surface area is 392 Å². The zero-order valence-electron chi connectivity index (χ0n) is 32.8. The van der Waals surface area contributed by atoms with Gasteiger partial charge in [-0.25, -0.2) is 4.79 Å². The molecule has 1 N–H and O–H groups in total. The van der Waals surface area contributed by atoms with Crippen LogP contribution in [0.25, 0.3) is 0 Å². The molecule has 59 heavy (non-hydrogen) atoms. The number of amides is 2. The van der Waals surface area contributed by atoms with Crippen LogP contribution in [0.3, 0.4) is 0 Å². The van der Waals surface area contributed by atoms with Gasteiger partial charge in [0.25, 0.3) is 0 Å². The minimum atomic E-state index is -1.23. The van der Waals surface area contributed by atoms with Gasteiger partial charge in [0.15, 0.2) is 0 Å². The van der Waals surface area contributed by atoms with Crippen molar-refractivity contribution in [1.82, 2.24) is 9.80 Å². The minimum absolute atomic E-state index is 0. The standard InChI is InChI=1S/2C22H23NO4S2.Ca/c2*1-15(14-28-22(27)16-8-4-2-5-9-16)20(24)23-13-18(12-19(23)21(25)26)29-17-10-6-3-7-11-17;/h2*2-11,15,18-19H,12-14H2,1H3,(H,25,26);/q;;+2/p-1/t2*15-,18+,19+;/m11./s1. The summed E-state index contributed by atoms with van der Waals surface area (Å²) in [7, 11) is 0. The molecule has 0 unspecified atom stereocenters. The molecule has 10 nitrogen and oxygen atoms in total. The molecule has 4 aromatic rings.